The zero-order valence-electron chi connectivity index (χ0n) is 10.1. The standard InChI is InChI=1S/C13H15BrN2OS/c1-2-7-17-11-4-3-6-15-13(11)16-9-12-10(14)5-8-18-12/h3-6,8H,2,7,9H2,1H3,(H,15,16). The Kier molecular flexibility index (Phi) is 5.01. The van der Waals surface area contributed by atoms with E-state index in [0.717, 1.165) is 29.0 Å². The molecule has 0 radical (unpaired) electrons. The van der Waals surface area contributed by atoms with Crippen molar-refractivity contribution < 1.29 is 4.74 Å². The van der Waals surface area contributed by atoms with Crippen molar-refractivity contribution in [3.8, 4) is 5.75 Å². The third-order valence-corrected chi connectivity index (χ3v) is 4.27. The summed E-state index contributed by atoms with van der Waals surface area (Å²) in [6.07, 6.45) is 2.76. The predicted octanol–water partition coefficient (Wildman–Crippen LogP) is 4.31. The van der Waals surface area contributed by atoms with Gasteiger partial charge < -0.3 is 10.1 Å². The summed E-state index contributed by atoms with van der Waals surface area (Å²) < 4.78 is 6.78. The van der Waals surface area contributed by atoms with Crippen LogP contribution in [0.25, 0.3) is 0 Å². The molecule has 5 heteroatoms. The number of anilines is 1. The topological polar surface area (TPSA) is 34.1 Å². The van der Waals surface area contributed by atoms with E-state index in [1.165, 1.54) is 4.88 Å². The molecule has 0 atom stereocenters. The fraction of sp³-hybridized carbons (Fsp3) is 0.308. The first-order valence-electron chi connectivity index (χ1n) is 5.84. The lowest BCUT2D eigenvalue weighted by atomic mass is 10.4. The fourth-order valence-corrected chi connectivity index (χ4v) is 2.90. The molecule has 2 aromatic heterocycles. The number of hydrogen-bond acceptors (Lipinski definition) is 4. The van der Waals surface area contributed by atoms with Crippen LogP contribution in [-0.4, -0.2) is 11.6 Å². The van der Waals surface area contributed by atoms with Crippen LogP contribution in [0, 0.1) is 0 Å². The summed E-state index contributed by atoms with van der Waals surface area (Å²) in [4.78, 5) is 5.57. The van der Waals surface area contributed by atoms with E-state index in [9.17, 15) is 0 Å². The van der Waals surface area contributed by atoms with Crippen molar-refractivity contribution in [2.24, 2.45) is 0 Å². The molecule has 2 heterocycles. The molecule has 0 fully saturated rings. The average molecular weight is 327 g/mol. The second-order valence-electron chi connectivity index (χ2n) is 3.74. The van der Waals surface area contributed by atoms with Gasteiger partial charge in [0, 0.05) is 15.5 Å². The quantitative estimate of drug-likeness (QED) is 0.859. The molecule has 0 spiro atoms. The highest BCUT2D eigenvalue weighted by Gasteiger charge is 2.06. The Morgan fingerprint density at radius 1 is 1.44 bits per heavy atom. The van der Waals surface area contributed by atoms with Crippen LogP contribution in [0.5, 0.6) is 5.75 Å². The van der Waals surface area contributed by atoms with Crippen LogP contribution in [0.3, 0.4) is 0 Å². The molecule has 0 unspecified atom stereocenters. The molecule has 1 N–H and O–H groups in total. The fourth-order valence-electron chi connectivity index (χ4n) is 1.47. The van der Waals surface area contributed by atoms with Gasteiger partial charge in [0.25, 0.3) is 0 Å². The molecule has 2 aromatic rings. The normalized spacial score (nSPS) is 10.3. The van der Waals surface area contributed by atoms with E-state index in [2.05, 4.69) is 44.6 Å². The highest BCUT2D eigenvalue weighted by atomic mass is 79.9. The molecule has 2 rings (SSSR count). The van der Waals surface area contributed by atoms with Crippen LogP contribution in [-0.2, 0) is 6.54 Å². The SMILES string of the molecule is CCCOc1cccnc1NCc1sccc1Br. The van der Waals surface area contributed by atoms with Gasteiger partial charge in [-0.3, -0.25) is 0 Å². The summed E-state index contributed by atoms with van der Waals surface area (Å²) in [6.45, 7) is 3.55. The van der Waals surface area contributed by atoms with Crippen molar-refractivity contribution in [2.45, 2.75) is 19.9 Å². The summed E-state index contributed by atoms with van der Waals surface area (Å²) in [5.74, 6) is 1.61. The van der Waals surface area contributed by atoms with Gasteiger partial charge >= 0.3 is 0 Å². The number of nitrogens with one attached hydrogen (secondary N) is 1. The molecular weight excluding hydrogens is 312 g/mol. The predicted molar refractivity (Wildman–Crippen MR) is 79.4 cm³/mol. The Bertz CT molecular complexity index is 501. The van der Waals surface area contributed by atoms with Crippen LogP contribution >= 0.6 is 27.3 Å². The maximum absolute atomic E-state index is 5.65. The summed E-state index contributed by atoms with van der Waals surface area (Å²) in [6, 6.07) is 5.88. The van der Waals surface area contributed by atoms with E-state index in [1.54, 1.807) is 17.5 Å². The molecule has 18 heavy (non-hydrogen) atoms. The van der Waals surface area contributed by atoms with Gasteiger partial charge in [0.2, 0.25) is 0 Å². The summed E-state index contributed by atoms with van der Waals surface area (Å²) in [5.41, 5.74) is 0. The van der Waals surface area contributed by atoms with E-state index in [4.69, 9.17) is 4.74 Å². The minimum atomic E-state index is 0.711. The summed E-state index contributed by atoms with van der Waals surface area (Å²) in [5, 5.41) is 5.37. The molecule has 0 aromatic carbocycles. The largest absolute Gasteiger partial charge is 0.490 e. The number of halogens is 1. The van der Waals surface area contributed by atoms with Crippen molar-refractivity contribution >= 4 is 33.1 Å². The third-order valence-electron chi connectivity index (χ3n) is 2.34. The Morgan fingerprint density at radius 3 is 3.06 bits per heavy atom. The molecule has 0 aliphatic rings. The maximum Gasteiger partial charge on any atom is 0.169 e. The van der Waals surface area contributed by atoms with E-state index in [-0.39, 0.29) is 0 Å². The highest BCUT2D eigenvalue weighted by Crippen LogP contribution is 2.26. The van der Waals surface area contributed by atoms with Gasteiger partial charge in [-0.2, -0.15) is 0 Å². The lowest BCUT2D eigenvalue weighted by molar-refractivity contribution is 0.318. The number of pyridine rings is 1. The Balaban J connectivity index is 2.02. The smallest absolute Gasteiger partial charge is 0.169 e. The van der Waals surface area contributed by atoms with Crippen LogP contribution in [0.4, 0.5) is 5.82 Å². The molecule has 0 bridgehead atoms. The number of ether oxygens (including phenoxy) is 1. The summed E-state index contributed by atoms with van der Waals surface area (Å²) >= 11 is 5.23. The summed E-state index contributed by atoms with van der Waals surface area (Å²) in [7, 11) is 0. The number of nitrogens with zero attached hydrogens (tertiary/aromatic N) is 1. The van der Waals surface area contributed by atoms with Crippen LogP contribution in [0.15, 0.2) is 34.2 Å². The second-order valence-corrected chi connectivity index (χ2v) is 5.60. The highest BCUT2D eigenvalue weighted by molar-refractivity contribution is 9.10. The average Bonchev–Trinajstić information content (AvgIpc) is 2.80. The second kappa shape index (κ2) is 6.75. The molecule has 0 saturated carbocycles. The molecule has 0 amide bonds. The zero-order valence-corrected chi connectivity index (χ0v) is 12.6. The third kappa shape index (κ3) is 3.46. The number of hydrogen-bond donors (Lipinski definition) is 1. The zero-order chi connectivity index (χ0) is 12.8. The van der Waals surface area contributed by atoms with Gasteiger partial charge in [0.15, 0.2) is 11.6 Å². The van der Waals surface area contributed by atoms with Crippen molar-refractivity contribution in [2.75, 3.05) is 11.9 Å². The van der Waals surface area contributed by atoms with Crippen molar-refractivity contribution in [1.29, 1.82) is 0 Å². The van der Waals surface area contributed by atoms with E-state index < -0.39 is 0 Å². The first kappa shape index (κ1) is 13.4. The van der Waals surface area contributed by atoms with Gasteiger partial charge in [0.1, 0.15) is 0 Å². The molecule has 0 aliphatic heterocycles. The van der Waals surface area contributed by atoms with Gasteiger partial charge in [-0.15, -0.1) is 11.3 Å². The maximum atomic E-state index is 5.65. The Labute approximate surface area is 119 Å². The van der Waals surface area contributed by atoms with E-state index >= 15 is 0 Å². The molecule has 3 nitrogen and oxygen atoms in total. The Hall–Kier alpha value is -1.07. The molecule has 0 aliphatic carbocycles. The van der Waals surface area contributed by atoms with Gasteiger partial charge in [-0.1, -0.05) is 6.92 Å². The lowest BCUT2D eigenvalue weighted by Crippen LogP contribution is -2.04. The van der Waals surface area contributed by atoms with Crippen molar-refractivity contribution in [3.63, 3.8) is 0 Å². The number of rotatable bonds is 6. The van der Waals surface area contributed by atoms with Crippen LogP contribution in [0.2, 0.25) is 0 Å². The lowest BCUT2D eigenvalue weighted by Gasteiger charge is -2.11. The van der Waals surface area contributed by atoms with E-state index in [0.29, 0.717) is 6.61 Å². The van der Waals surface area contributed by atoms with Gasteiger partial charge in [0.05, 0.1) is 13.2 Å². The minimum absolute atomic E-state index is 0.711. The Morgan fingerprint density at radius 2 is 2.33 bits per heavy atom. The van der Waals surface area contributed by atoms with Crippen LogP contribution in [0.1, 0.15) is 18.2 Å². The monoisotopic (exact) mass is 326 g/mol. The molecular formula is C13H15BrN2OS. The minimum Gasteiger partial charge on any atom is -0.490 e. The first-order valence-corrected chi connectivity index (χ1v) is 7.52. The number of thiophene rings is 1. The first-order chi connectivity index (χ1) is 8.81. The van der Waals surface area contributed by atoms with Crippen LogP contribution < -0.4 is 10.1 Å². The number of aromatic nitrogens is 1. The van der Waals surface area contributed by atoms with Crippen molar-refractivity contribution in [1.82, 2.24) is 4.98 Å². The van der Waals surface area contributed by atoms with Gasteiger partial charge in [-0.25, -0.2) is 4.98 Å². The van der Waals surface area contributed by atoms with Gasteiger partial charge in [-0.05, 0) is 45.9 Å². The molecule has 96 valence electrons. The van der Waals surface area contributed by atoms with E-state index in [1.807, 2.05) is 12.1 Å². The van der Waals surface area contributed by atoms with Crippen molar-refractivity contribution in [3.05, 3.63) is 39.1 Å². The molecule has 0 saturated heterocycles.